The Bertz CT molecular complexity index is 594. The van der Waals surface area contributed by atoms with Gasteiger partial charge in [-0.2, -0.15) is 0 Å². The third kappa shape index (κ3) is 4.83. The molecule has 2 saturated heterocycles. The Balaban J connectivity index is 1.45. The molecule has 26 heavy (non-hydrogen) atoms. The summed E-state index contributed by atoms with van der Waals surface area (Å²) in [6, 6.07) is 10.1. The minimum atomic E-state index is -0.246. The van der Waals surface area contributed by atoms with Gasteiger partial charge in [0.05, 0.1) is 6.54 Å². The zero-order valence-corrected chi connectivity index (χ0v) is 15.6. The number of nitrogens with zero attached hydrogens (tertiary/aromatic N) is 3. The monoisotopic (exact) mass is 359 g/mol. The molecule has 0 spiro atoms. The summed E-state index contributed by atoms with van der Waals surface area (Å²) in [4.78, 5) is 31.0. The minimum absolute atomic E-state index is 0.118. The van der Waals surface area contributed by atoms with Crippen LogP contribution in [0.4, 0.5) is 0 Å². The first-order chi connectivity index (χ1) is 12.7. The predicted octanol–water partition coefficient (Wildman–Crippen LogP) is 1.36. The first kappa shape index (κ1) is 18.9. The highest BCUT2D eigenvalue weighted by Crippen LogP contribution is 2.16. The normalized spacial score (nSPS) is 21.0. The fraction of sp³-hybridized carbons (Fsp3) is 0.600. The number of carbonyl (C=O) groups is 2. The first-order valence-electron chi connectivity index (χ1n) is 9.62. The van der Waals surface area contributed by atoms with E-state index in [-0.39, 0.29) is 17.9 Å². The van der Waals surface area contributed by atoms with Crippen LogP contribution in [-0.2, 0) is 20.9 Å². The number of rotatable bonds is 6. The summed E-state index contributed by atoms with van der Waals surface area (Å²) in [7, 11) is 0. The average molecular weight is 359 g/mol. The van der Waals surface area contributed by atoms with Gasteiger partial charge in [-0.05, 0) is 25.3 Å². The summed E-state index contributed by atoms with van der Waals surface area (Å²) in [5.41, 5.74) is 1.15. The molecule has 2 amide bonds. The molecule has 2 fully saturated rings. The van der Waals surface area contributed by atoms with E-state index in [1.165, 1.54) is 0 Å². The lowest BCUT2D eigenvalue weighted by Crippen LogP contribution is -2.53. The van der Waals surface area contributed by atoms with E-state index in [2.05, 4.69) is 4.90 Å². The van der Waals surface area contributed by atoms with E-state index in [4.69, 9.17) is 4.74 Å². The van der Waals surface area contributed by atoms with Crippen molar-refractivity contribution >= 4 is 11.8 Å². The fourth-order valence-electron chi connectivity index (χ4n) is 3.57. The molecule has 0 aliphatic carbocycles. The van der Waals surface area contributed by atoms with Gasteiger partial charge in [0.1, 0.15) is 6.10 Å². The molecule has 142 valence electrons. The quantitative estimate of drug-likeness (QED) is 0.770. The molecule has 1 unspecified atom stereocenters. The molecule has 0 aromatic heterocycles. The lowest BCUT2D eigenvalue weighted by molar-refractivity contribution is -0.143. The molecule has 1 aromatic rings. The number of amides is 2. The Morgan fingerprint density at radius 1 is 1.15 bits per heavy atom. The van der Waals surface area contributed by atoms with Crippen LogP contribution in [0.3, 0.4) is 0 Å². The third-order valence-electron chi connectivity index (χ3n) is 5.20. The summed E-state index contributed by atoms with van der Waals surface area (Å²) in [5, 5.41) is 0. The number of likely N-dealkylation sites (N-methyl/N-ethyl adjacent to an activating group) is 1. The van der Waals surface area contributed by atoms with Gasteiger partial charge in [-0.1, -0.05) is 30.3 Å². The predicted molar refractivity (Wildman–Crippen MR) is 99.5 cm³/mol. The van der Waals surface area contributed by atoms with Crippen LogP contribution in [0.25, 0.3) is 0 Å². The Labute approximate surface area is 155 Å². The van der Waals surface area contributed by atoms with Crippen molar-refractivity contribution in [2.75, 3.05) is 45.9 Å². The minimum Gasteiger partial charge on any atom is -0.368 e. The highest BCUT2D eigenvalue weighted by Gasteiger charge is 2.30. The molecule has 1 aromatic carbocycles. The van der Waals surface area contributed by atoms with Gasteiger partial charge < -0.3 is 14.5 Å². The zero-order valence-electron chi connectivity index (χ0n) is 15.6. The maximum absolute atomic E-state index is 12.7. The second kappa shape index (κ2) is 9.14. The van der Waals surface area contributed by atoms with Crippen LogP contribution < -0.4 is 0 Å². The van der Waals surface area contributed by atoms with E-state index >= 15 is 0 Å². The molecule has 2 aliphatic heterocycles. The largest absolute Gasteiger partial charge is 0.368 e. The highest BCUT2D eigenvalue weighted by molar-refractivity contribution is 5.81. The van der Waals surface area contributed by atoms with Gasteiger partial charge in [-0.25, -0.2) is 0 Å². The van der Waals surface area contributed by atoms with Crippen molar-refractivity contribution in [1.82, 2.24) is 14.7 Å². The van der Waals surface area contributed by atoms with E-state index in [1.807, 2.05) is 47.1 Å². The molecule has 1 atom stereocenters. The van der Waals surface area contributed by atoms with Crippen molar-refractivity contribution in [2.45, 2.75) is 32.4 Å². The van der Waals surface area contributed by atoms with Crippen molar-refractivity contribution in [1.29, 1.82) is 0 Å². The molecular formula is C20H29N3O3. The second-order valence-electron chi connectivity index (χ2n) is 7.00. The number of hydrogen-bond donors (Lipinski definition) is 0. The smallest absolute Gasteiger partial charge is 0.251 e. The van der Waals surface area contributed by atoms with Gasteiger partial charge in [0, 0.05) is 45.9 Å². The number of ether oxygens (including phenoxy) is 1. The summed E-state index contributed by atoms with van der Waals surface area (Å²) >= 11 is 0. The highest BCUT2D eigenvalue weighted by atomic mass is 16.5. The van der Waals surface area contributed by atoms with Crippen LogP contribution in [0.5, 0.6) is 0 Å². The van der Waals surface area contributed by atoms with E-state index < -0.39 is 0 Å². The van der Waals surface area contributed by atoms with Gasteiger partial charge in [0.15, 0.2) is 0 Å². The van der Waals surface area contributed by atoms with E-state index in [0.29, 0.717) is 39.3 Å². The lowest BCUT2D eigenvalue weighted by atomic mass is 10.2. The molecule has 3 rings (SSSR count). The Morgan fingerprint density at radius 2 is 1.88 bits per heavy atom. The second-order valence-corrected chi connectivity index (χ2v) is 7.00. The molecule has 0 radical (unpaired) electrons. The summed E-state index contributed by atoms with van der Waals surface area (Å²) < 4.78 is 5.50. The third-order valence-corrected chi connectivity index (χ3v) is 5.20. The molecule has 6 heteroatoms. The van der Waals surface area contributed by atoms with Crippen molar-refractivity contribution in [2.24, 2.45) is 0 Å². The van der Waals surface area contributed by atoms with Crippen molar-refractivity contribution < 1.29 is 14.3 Å². The van der Waals surface area contributed by atoms with Gasteiger partial charge >= 0.3 is 0 Å². The van der Waals surface area contributed by atoms with Crippen molar-refractivity contribution in [3.05, 3.63) is 35.9 Å². The van der Waals surface area contributed by atoms with Crippen LogP contribution in [0.1, 0.15) is 25.3 Å². The molecular weight excluding hydrogens is 330 g/mol. The van der Waals surface area contributed by atoms with Crippen molar-refractivity contribution in [3.63, 3.8) is 0 Å². The fourth-order valence-corrected chi connectivity index (χ4v) is 3.57. The number of hydrogen-bond acceptors (Lipinski definition) is 4. The van der Waals surface area contributed by atoms with Gasteiger partial charge in [-0.15, -0.1) is 0 Å². The lowest BCUT2D eigenvalue weighted by Gasteiger charge is -2.36. The summed E-state index contributed by atoms with van der Waals surface area (Å²) in [6.07, 6.45) is 1.56. The summed E-state index contributed by atoms with van der Waals surface area (Å²) in [6.45, 7) is 7.31. The number of benzene rings is 1. The average Bonchev–Trinajstić information content (AvgIpc) is 3.21. The van der Waals surface area contributed by atoms with Crippen molar-refractivity contribution in [3.8, 4) is 0 Å². The van der Waals surface area contributed by atoms with Crippen LogP contribution in [0.15, 0.2) is 30.3 Å². The van der Waals surface area contributed by atoms with E-state index in [1.54, 1.807) is 0 Å². The Hall–Kier alpha value is -1.92. The first-order valence-corrected chi connectivity index (χ1v) is 9.62. The standard InChI is InChI=1S/C20H29N3O3/c1-2-22(15-17-7-4-3-5-8-17)19(24)16-21-10-12-23(13-11-21)20(25)18-9-6-14-26-18/h3-5,7-8,18H,2,6,9-16H2,1H3. The number of piperazine rings is 1. The SMILES string of the molecule is CCN(Cc1ccccc1)C(=O)CN1CCN(C(=O)C2CCCO2)CC1. The maximum Gasteiger partial charge on any atom is 0.251 e. The van der Waals surface area contributed by atoms with E-state index in [0.717, 1.165) is 31.5 Å². The summed E-state index contributed by atoms with van der Waals surface area (Å²) in [5.74, 6) is 0.267. The number of carbonyl (C=O) groups excluding carboxylic acids is 2. The van der Waals surface area contributed by atoms with Crippen LogP contribution >= 0.6 is 0 Å². The molecule has 0 bridgehead atoms. The van der Waals surface area contributed by atoms with Crippen LogP contribution in [0, 0.1) is 0 Å². The molecule has 2 heterocycles. The molecule has 2 aliphatic rings. The van der Waals surface area contributed by atoms with Gasteiger partial charge in [-0.3, -0.25) is 14.5 Å². The van der Waals surface area contributed by atoms with Crippen LogP contribution in [-0.4, -0.2) is 78.5 Å². The van der Waals surface area contributed by atoms with Crippen LogP contribution in [0.2, 0.25) is 0 Å². The maximum atomic E-state index is 12.7. The van der Waals surface area contributed by atoms with E-state index in [9.17, 15) is 9.59 Å². The Morgan fingerprint density at radius 3 is 2.50 bits per heavy atom. The van der Waals surface area contributed by atoms with Gasteiger partial charge in [0.25, 0.3) is 5.91 Å². The topological polar surface area (TPSA) is 53.1 Å². The molecule has 6 nitrogen and oxygen atoms in total. The molecule has 0 saturated carbocycles. The zero-order chi connectivity index (χ0) is 18.4. The molecule has 0 N–H and O–H groups in total. The Kier molecular flexibility index (Phi) is 6.63. The van der Waals surface area contributed by atoms with Gasteiger partial charge in [0.2, 0.25) is 5.91 Å².